The van der Waals surface area contributed by atoms with Gasteiger partial charge < -0.3 is 43.9 Å². The monoisotopic (exact) mass is 791 g/mol. The number of ketones is 2. The Balaban J connectivity index is 0.000000132. The summed E-state index contributed by atoms with van der Waals surface area (Å²) in [6.07, 6.45) is 8.50. The van der Waals surface area contributed by atoms with Crippen LogP contribution in [0.3, 0.4) is 0 Å². The van der Waals surface area contributed by atoms with Crippen molar-refractivity contribution < 1.29 is 62.7 Å². The highest BCUT2D eigenvalue weighted by atomic mass is 32.1. The molecule has 4 saturated carbocycles. The number of likely N-dealkylation sites (tertiary alicyclic amines) is 2. The molecule has 0 radical (unpaired) electrons. The lowest BCUT2D eigenvalue weighted by Crippen LogP contribution is -2.80. The molecule has 2 spiro atoms. The second-order valence-electron chi connectivity index (χ2n) is 19.3. The van der Waals surface area contributed by atoms with Crippen LogP contribution in [-0.2, 0) is 50.8 Å². The molecule has 10 atom stereocenters. The second-order valence-corrected chi connectivity index (χ2v) is 19.3. The van der Waals surface area contributed by atoms with E-state index in [4.69, 9.17) is 18.6 Å². The van der Waals surface area contributed by atoms with Crippen molar-refractivity contribution in [2.24, 2.45) is 11.8 Å². The fourth-order valence-electron chi connectivity index (χ4n) is 14.0. The van der Waals surface area contributed by atoms with Gasteiger partial charge >= 0.3 is 0 Å². The van der Waals surface area contributed by atoms with Gasteiger partial charge in [0.1, 0.15) is 23.3 Å². The molecule has 14 heteroatoms. The lowest BCUT2D eigenvalue weighted by atomic mass is 9.48. The highest BCUT2D eigenvalue weighted by molar-refractivity contribution is 7.44. The number of hydrogen-bond acceptors (Lipinski definition) is 12. The average molecular weight is 792 g/mol. The van der Waals surface area contributed by atoms with Crippen LogP contribution in [-0.4, -0.2) is 116 Å². The molecule has 300 valence electrons. The van der Waals surface area contributed by atoms with Gasteiger partial charge in [0.2, 0.25) is 5.75 Å². The third kappa shape index (κ3) is 4.57. The summed E-state index contributed by atoms with van der Waals surface area (Å²) in [6.45, 7) is 4.10. The summed E-state index contributed by atoms with van der Waals surface area (Å²) in [5.74, 6) is 2.80. The van der Waals surface area contributed by atoms with Crippen LogP contribution in [0.25, 0.3) is 0 Å². The molecule has 0 amide bonds. The number of nitrogens with zero attached hydrogens (tertiary/aromatic N) is 2. The number of phenols is 1. The summed E-state index contributed by atoms with van der Waals surface area (Å²) >= 11 is 2.83. The molecule has 56 heavy (non-hydrogen) atoms. The van der Waals surface area contributed by atoms with Crippen LogP contribution in [0.15, 0.2) is 24.3 Å². The van der Waals surface area contributed by atoms with Crippen LogP contribution in [0, 0.1) is 11.8 Å². The minimum absolute atomic E-state index is 0.0276. The quantitative estimate of drug-likeness (QED) is 0.221. The van der Waals surface area contributed by atoms with Crippen LogP contribution < -0.4 is 19.6 Å². The van der Waals surface area contributed by atoms with Crippen LogP contribution in [0.5, 0.6) is 23.0 Å². The van der Waals surface area contributed by atoms with Crippen molar-refractivity contribution in [3.05, 3.63) is 46.5 Å². The Labute approximate surface area is 331 Å². The molecule has 2 aromatic rings. The maximum Gasteiger partial charge on any atom is 0.206 e. The first-order chi connectivity index (χ1) is 26.8. The third-order valence-electron chi connectivity index (χ3n) is 16.7. The molecule has 6 aliphatic carbocycles. The SMILES string of the molecule is C[N+]1(CC2CC2)CC[C@]23c4c5ccc(O)c4OC2C(=O)CC[C@@]3(O)[C@H]1C5.C[N+]1(CC2CC2)CC[C@]23c4c5ccc(OO[O-])c4OC2C(=O)CC[C@@]3(O)[C@H]1C5.O=S. The number of benzene rings is 2. The third-order valence-corrected chi connectivity index (χ3v) is 16.7. The fourth-order valence-corrected chi connectivity index (χ4v) is 14.0. The van der Waals surface area contributed by atoms with Crippen molar-refractivity contribution in [2.45, 2.75) is 123 Å². The van der Waals surface area contributed by atoms with Crippen molar-refractivity contribution in [1.29, 1.82) is 0 Å². The van der Waals surface area contributed by atoms with Gasteiger partial charge in [0.05, 0.1) is 51.1 Å². The van der Waals surface area contributed by atoms with Gasteiger partial charge in [-0.3, -0.25) is 9.59 Å². The first-order valence-electron chi connectivity index (χ1n) is 20.5. The van der Waals surface area contributed by atoms with Gasteiger partial charge in [-0.15, -0.1) is 0 Å². The molecular formula is C42H51N2O11S+. The van der Waals surface area contributed by atoms with Crippen molar-refractivity contribution >= 4 is 24.1 Å². The highest BCUT2D eigenvalue weighted by Gasteiger charge is 2.78. The molecule has 2 saturated heterocycles. The van der Waals surface area contributed by atoms with Crippen molar-refractivity contribution in [3.63, 3.8) is 0 Å². The van der Waals surface area contributed by atoms with Gasteiger partial charge in [-0.1, -0.05) is 12.1 Å². The summed E-state index contributed by atoms with van der Waals surface area (Å²) in [5.41, 5.74) is 0.713. The predicted molar refractivity (Wildman–Crippen MR) is 196 cm³/mol. The van der Waals surface area contributed by atoms with E-state index in [1.54, 1.807) is 12.1 Å². The van der Waals surface area contributed by atoms with Gasteiger partial charge in [-0.2, -0.15) is 4.21 Å². The molecule has 12 rings (SSSR count). The van der Waals surface area contributed by atoms with E-state index in [2.05, 4.69) is 31.7 Å². The highest BCUT2D eigenvalue weighted by Crippen LogP contribution is 2.67. The number of phenolic OH excluding ortho intramolecular Hbond substituents is 1. The smallest absolute Gasteiger partial charge is 0.206 e. The summed E-state index contributed by atoms with van der Waals surface area (Å²) < 4.78 is 21.8. The lowest BCUT2D eigenvalue weighted by Gasteiger charge is -2.64. The van der Waals surface area contributed by atoms with E-state index in [1.165, 1.54) is 25.7 Å². The number of piperidine rings is 2. The number of Topliss-reactive ketones (excluding diaryl/α,β-unsaturated/α-hetero) is 2. The Morgan fingerprint density at radius 2 is 1.21 bits per heavy atom. The van der Waals surface area contributed by atoms with Gasteiger partial charge in [0, 0.05) is 61.5 Å². The molecule has 4 heterocycles. The fraction of sp³-hybridized carbons (Fsp3) is 0.667. The molecular weight excluding hydrogens is 741 g/mol. The summed E-state index contributed by atoms with van der Waals surface area (Å²) in [6, 6.07) is 7.44. The number of rotatable bonds is 6. The zero-order chi connectivity index (χ0) is 39.2. The Morgan fingerprint density at radius 1 is 0.750 bits per heavy atom. The van der Waals surface area contributed by atoms with Crippen molar-refractivity contribution in [3.8, 4) is 23.0 Å². The normalized spacial score (nSPS) is 42.4. The van der Waals surface area contributed by atoms with Gasteiger partial charge in [0.15, 0.2) is 53.6 Å². The average Bonchev–Trinajstić information content (AvgIpc) is 4.10. The van der Waals surface area contributed by atoms with Crippen LogP contribution in [0.4, 0.5) is 0 Å². The van der Waals surface area contributed by atoms with Crippen LogP contribution in [0.1, 0.15) is 86.5 Å². The van der Waals surface area contributed by atoms with Crippen molar-refractivity contribution in [1.82, 2.24) is 0 Å². The molecule has 13 nitrogen and oxygen atoms in total. The number of hydrogen-bond donors (Lipinski definition) is 3. The largest absolute Gasteiger partial charge is 0.682 e. The molecule has 4 bridgehead atoms. The number of ether oxygens (including phenoxy) is 2. The minimum Gasteiger partial charge on any atom is -0.682 e. The van der Waals surface area contributed by atoms with Crippen LogP contribution >= 0.6 is 0 Å². The standard InChI is InChI=1S/C21H25NO6.C21H25NO4.OS/c1-22(11-12-2-3-12)9-8-20-17-13-4-5-15(27-28-25)18(17)26-19(20)14(23)6-7-21(20,24)16(22)10-13;1-22(11-12-2-3-12)9-8-20-17-13-4-5-14(23)18(17)26-19(20)15(24)6-7-21(20,25)16(22)10-13;1-2/h4-5,12,16,19,24H,2-3,6-11H2,1H3;4-5,12,16,19,25H,2-3,6-11H2,1H3;/p+1/t2*16-,19?,20+,21-,22?;/m11./s1. The number of carbonyl (C=O) groups is 2. The summed E-state index contributed by atoms with van der Waals surface area (Å²) in [7, 11) is 4.59. The van der Waals surface area contributed by atoms with E-state index in [0.717, 1.165) is 88.5 Å². The number of aliphatic hydroxyl groups is 2. The van der Waals surface area contributed by atoms with E-state index < -0.39 is 34.2 Å². The molecule has 6 fully saturated rings. The van der Waals surface area contributed by atoms with E-state index in [1.807, 2.05) is 12.1 Å². The van der Waals surface area contributed by atoms with E-state index in [-0.39, 0.29) is 35.1 Å². The molecule has 0 aromatic heterocycles. The second kappa shape index (κ2) is 12.2. The molecule has 4 unspecified atom stereocenters. The molecule has 2 aromatic carbocycles. The summed E-state index contributed by atoms with van der Waals surface area (Å²) in [5, 5.41) is 49.0. The zero-order valence-corrected chi connectivity index (χ0v) is 32.8. The van der Waals surface area contributed by atoms with E-state index in [0.29, 0.717) is 43.6 Å². The topological polar surface area (TPSA) is 172 Å². The lowest BCUT2D eigenvalue weighted by molar-refractivity contribution is -0.950. The Bertz CT molecular complexity index is 2040. The molecule has 10 aliphatic rings. The zero-order valence-electron chi connectivity index (χ0n) is 32.0. The number of quaternary nitrogens is 2. The molecule has 3 N–H and O–H groups in total. The van der Waals surface area contributed by atoms with Crippen molar-refractivity contribution in [2.75, 3.05) is 40.3 Å². The Kier molecular flexibility index (Phi) is 8.04. The molecule has 4 aliphatic heterocycles. The maximum atomic E-state index is 12.9. The van der Waals surface area contributed by atoms with Gasteiger partial charge in [-0.25, -0.2) is 5.04 Å². The van der Waals surface area contributed by atoms with E-state index in [9.17, 15) is 30.2 Å². The minimum atomic E-state index is -0.997. The first-order valence-corrected chi connectivity index (χ1v) is 20.8. The van der Waals surface area contributed by atoms with Crippen LogP contribution in [0.2, 0.25) is 0 Å². The number of aromatic hydroxyl groups is 1. The summed E-state index contributed by atoms with van der Waals surface area (Å²) in [4.78, 5) is 30.5. The Morgan fingerprint density at radius 3 is 1.70 bits per heavy atom. The Hall–Kier alpha value is -3.24. The number of carbonyl (C=O) groups excluding carboxylic acids is 2. The van der Waals surface area contributed by atoms with Gasteiger partial charge in [-0.05, 0) is 61.8 Å². The predicted octanol–water partition coefficient (Wildman–Crippen LogP) is 1.88. The van der Waals surface area contributed by atoms with E-state index >= 15 is 0 Å². The maximum absolute atomic E-state index is 12.9. The first kappa shape index (κ1) is 37.1. The van der Waals surface area contributed by atoms with Gasteiger partial charge in [0.25, 0.3) is 0 Å². The number of likely N-dealkylation sites (N-methyl/N-ethyl adjacent to an activating group) is 2.